The molecule has 0 amide bonds. The van der Waals surface area contributed by atoms with Crippen LogP contribution in [0.1, 0.15) is 49.9 Å². The molecule has 0 atom stereocenters. The van der Waals surface area contributed by atoms with E-state index in [-0.39, 0.29) is 24.8 Å². The Morgan fingerprint density at radius 2 is 1.05 bits per heavy atom. The van der Waals surface area contributed by atoms with Crippen LogP contribution in [0.15, 0.2) is 84.9 Å². The van der Waals surface area contributed by atoms with Crippen molar-refractivity contribution in [2.24, 2.45) is 0 Å². The van der Waals surface area contributed by atoms with E-state index in [1.165, 1.54) is 67.8 Å². The summed E-state index contributed by atoms with van der Waals surface area (Å²) in [5.74, 6) is 0. The summed E-state index contributed by atoms with van der Waals surface area (Å²) >= 11 is 1.49. The second-order valence-electron chi connectivity index (χ2n) is 9.51. The maximum absolute atomic E-state index is 3.32. The molecule has 4 aromatic carbocycles. The van der Waals surface area contributed by atoms with Gasteiger partial charge in [-0.3, -0.25) is 0 Å². The molecule has 188 valence electrons. The van der Waals surface area contributed by atoms with Gasteiger partial charge in [0, 0.05) is 0 Å². The molecule has 5 heteroatoms. The van der Waals surface area contributed by atoms with Gasteiger partial charge in [-0.1, -0.05) is 72.1 Å². The molecule has 0 saturated heterocycles. The standard InChI is InChI=1S/2C13H9.C6H14BN.2ClH.Zr/c2*1-2-6-12-10(4-1)8-9-11-5-3-7-13(11)12;1-5(2)8(7)6(3)4;;;/h2*1-4,6,8-9H,5H2;5-6H,1-4H3;2*1H;/q2*-1;;;;+2/p-2. The van der Waals surface area contributed by atoms with Crippen molar-refractivity contribution in [3.8, 4) is 0 Å². The Bertz CT molecular complexity index is 1290. The van der Waals surface area contributed by atoms with Gasteiger partial charge in [0.25, 0.3) is 0 Å². The summed E-state index contributed by atoms with van der Waals surface area (Å²) in [6.45, 7) is 8.89. The molecule has 1 nitrogen and oxygen atoms in total. The zero-order valence-electron chi connectivity index (χ0n) is 21.9. The molecular weight excluding hydrogens is 571 g/mol. The van der Waals surface area contributed by atoms with Gasteiger partial charge >= 0.3 is 73.1 Å². The van der Waals surface area contributed by atoms with Crippen molar-refractivity contribution in [1.29, 1.82) is 0 Å². The van der Waals surface area contributed by atoms with E-state index in [1.54, 1.807) is 0 Å². The van der Waals surface area contributed by atoms with Crippen molar-refractivity contribution in [2.45, 2.75) is 52.6 Å². The fourth-order valence-electron chi connectivity index (χ4n) is 4.74. The van der Waals surface area contributed by atoms with E-state index in [2.05, 4.69) is 134 Å². The molecule has 0 saturated carbocycles. The Kier molecular flexibility index (Phi) is 12.9. The first-order valence-electron chi connectivity index (χ1n) is 12.4. The van der Waals surface area contributed by atoms with E-state index < -0.39 is 0 Å². The number of allylic oxidation sites excluding steroid dienone is 2. The molecule has 0 aromatic heterocycles. The molecule has 0 aliphatic heterocycles. The van der Waals surface area contributed by atoms with Crippen LogP contribution >= 0.6 is 0 Å². The number of benzene rings is 4. The molecule has 0 radical (unpaired) electrons. The number of nitrogens with zero attached hydrogens (tertiary/aromatic N) is 1. The number of halogens is 2. The summed E-state index contributed by atoms with van der Waals surface area (Å²) in [5, 5.41) is 5.27. The zero-order valence-corrected chi connectivity index (χ0v) is 25.9. The monoisotopic (exact) mass is 601 g/mol. The SMILES string of the molecule is CC(C)N([B]=[Zr+2])C(C)C.[C-]1=CCc2ccc3ccccc3c21.[C-]1=CCc2ccc3ccccc3c21.[Cl-].[Cl-]. The Balaban J connectivity index is 0.000000195. The fourth-order valence-corrected chi connectivity index (χ4v) is 6.20. The largest absolute Gasteiger partial charge is 1.00 e. The normalized spacial score (nSPS) is 12.2. The number of rotatable bonds is 3. The second kappa shape index (κ2) is 15.1. The van der Waals surface area contributed by atoms with Crippen LogP contribution in [0.25, 0.3) is 21.5 Å². The van der Waals surface area contributed by atoms with Crippen molar-refractivity contribution in [3.05, 3.63) is 119 Å². The van der Waals surface area contributed by atoms with E-state index in [1.807, 2.05) is 0 Å². The molecule has 4 aromatic rings. The maximum Gasteiger partial charge on any atom is -0.0637 e. The predicted octanol–water partition coefficient (Wildman–Crippen LogP) is 1.40. The van der Waals surface area contributed by atoms with Crippen LogP contribution in [-0.4, -0.2) is 21.4 Å². The Morgan fingerprint density at radius 3 is 1.41 bits per heavy atom. The Labute approximate surface area is 250 Å². The number of fused-ring (bicyclic) bond motifs is 6. The van der Waals surface area contributed by atoms with E-state index in [0.29, 0.717) is 12.1 Å². The van der Waals surface area contributed by atoms with E-state index in [4.69, 9.17) is 0 Å². The van der Waals surface area contributed by atoms with Gasteiger partial charge in [-0.15, -0.1) is 46.2 Å². The Morgan fingerprint density at radius 1 is 0.649 bits per heavy atom. The van der Waals surface area contributed by atoms with Gasteiger partial charge in [-0.05, 0) is 0 Å². The van der Waals surface area contributed by atoms with Crippen LogP contribution in [0.2, 0.25) is 0 Å². The van der Waals surface area contributed by atoms with Gasteiger partial charge in [0.1, 0.15) is 0 Å². The van der Waals surface area contributed by atoms with Crippen molar-refractivity contribution in [2.75, 3.05) is 0 Å². The van der Waals surface area contributed by atoms with Crippen molar-refractivity contribution >= 4 is 26.1 Å². The molecule has 0 heterocycles. The van der Waals surface area contributed by atoms with Crippen LogP contribution in [0.5, 0.6) is 0 Å². The average molecular weight is 604 g/mol. The van der Waals surface area contributed by atoms with Gasteiger partial charge < -0.3 is 24.8 Å². The summed E-state index contributed by atoms with van der Waals surface area (Å²) in [6.07, 6.45) is 12.9. The summed E-state index contributed by atoms with van der Waals surface area (Å²) in [6, 6.07) is 27.1. The van der Waals surface area contributed by atoms with Gasteiger partial charge in [0.15, 0.2) is 0 Å². The van der Waals surface area contributed by atoms with Crippen LogP contribution in [0, 0.1) is 12.2 Å². The first-order chi connectivity index (χ1) is 17.0. The van der Waals surface area contributed by atoms with E-state index >= 15 is 0 Å². The summed E-state index contributed by atoms with van der Waals surface area (Å²) in [5.41, 5.74) is 5.38. The van der Waals surface area contributed by atoms with Crippen LogP contribution in [-0.2, 0) is 36.8 Å². The van der Waals surface area contributed by atoms with Crippen molar-refractivity contribution in [1.82, 2.24) is 4.81 Å². The Hall–Kier alpha value is -1.63. The maximum atomic E-state index is 3.32. The topological polar surface area (TPSA) is 3.24 Å². The van der Waals surface area contributed by atoms with Gasteiger partial charge in [0.2, 0.25) is 0 Å². The van der Waals surface area contributed by atoms with Crippen molar-refractivity contribution < 1.29 is 48.8 Å². The minimum atomic E-state index is 0. The third kappa shape index (κ3) is 7.70. The third-order valence-electron chi connectivity index (χ3n) is 6.51. The zero-order chi connectivity index (χ0) is 24.8. The van der Waals surface area contributed by atoms with Crippen LogP contribution < -0.4 is 24.8 Å². The quantitative estimate of drug-likeness (QED) is 0.253. The molecule has 2 aliphatic rings. The van der Waals surface area contributed by atoms with Crippen molar-refractivity contribution in [3.63, 3.8) is 0 Å². The molecule has 0 spiro atoms. The number of hydrogen-bond acceptors (Lipinski definition) is 1. The first-order valence-corrected chi connectivity index (χ1v) is 13.9. The molecule has 2 aliphatic carbocycles. The minimum Gasteiger partial charge on any atom is -1.00 e. The van der Waals surface area contributed by atoms with Crippen LogP contribution in [0.4, 0.5) is 0 Å². The first kappa shape index (κ1) is 31.6. The van der Waals surface area contributed by atoms with Gasteiger partial charge in [0.05, 0.1) is 0 Å². The predicted molar refractivity (Wildman–Crippen MR) is 147 cm³/mol. The molecule has 0 N–H and O–H groups in total. The molecule has 0 fully saturated rings. The number of hydrogen-bond donors (Lipinski definition) is 0. The second-order valence-corrected chi connectivity index (χ2v) is 10.1. The van der Waals surface area contributed by atoms with Gasteiger partial charge in [-0.25, -0.2) is 0 Å². The summed E-state index contributed by atoms with van der Waals surface area (Å²) in [7, 11) is 0. The average Bonchev–Trinajstić information content (AvgIpc) is 3.55. The molecule has 0 unspecified atom stereocenters. The molecular formula is C32H32BCl2NZr-2. The smallest absolute Gasteiger partial charge is 0.0637 e. The van der Waals surface area contributed by atoms with E-state index in [0.717, 1.165) is 12.8 Å². The molecule has 0 bridgehead atoms. The fraction of sp³-hybridized carbons (Fsp3) is 0.250. The summed E-state index contributed by atoms with van der Waals surface area (Å²) in [4.78, 5) is 2.37. The minimum absolute atomic E-state index is 0. The van der Waals surface area contributed by atoms with Crippen LogP contribution in [0.3, 0.4) is 0 Å². The molecule has 37 heavy (non-hydrogen) atoms. The van der Waals surface area contributed by atoms with E-state index in [9.17, 15) is 0 Å². The third-order valence-corrected chi connectivity index (χ3v) is 7.24. The summed E-state index contributed by atoms with van der Waals surface area (Å²) < 4.78 is 2.24. The van der Waals surface area contributed by atoms with Gasteiger partial charge in [-0.2, -0.15) is 35.4 Å². The molecule has 6 rings (SSSR count).